The van der Waals surface area contributed by atoms with Crippen molar-refractivity contribution in [2.24, 2.45) is 0 Å². The highest BCUT2D eigenvalue weighted by Gasteiger charge is 2.35. The third kappa shape index (κ3) is 2.01. The molecule has 0 saturated carbocycles. The molecule has 0 unspecified atom stereocenters. The number of hydrogen-bond donors (Lipinski definition) is 2. The van der Waals surface area contributed by atoms with Crippen LogP contribution in [0.3, 0.4) is 0 Å². The number of aromatic amines is 1. The van der Waals surface area contributed by atoms with Crippen LogP contribution < -0.4 is 5.32 Å². The summed E-state index contributed by atoms with van der Waals surface area (Å²) in [6, 6.07) is 5.39. The fourth-order valence-corrected chi connectivity index (χ4v) is 4.02. The molecule has 1 aromatic carbocycles. The van der Waals surface area contributed by atoms with Crippen molar-refractivity contribution in [3.63, 3.8) is 0 Å². The quantitative estimate of drug-likeness (QED) is 0.587. The van der Waals surface area contributed by atoms with Gasteiger partial charge in [-0.25, -0.2) is 4.98 Å². The van der Waals surface area contributed by atoms with Crippen LogP contribution in [0.15, 0.2) is 18.2 Å². The van der Waals surface area contributed by atoms with Gasteiger partial charge in [-0.1, -0.05) is 12.1 Å². The molecular formula is C17H14N4O2S. The zero-order valence-corrected chi connectivity index (χ0v) is 14.2. The lowest BCUT2D eigenvalue weighted by Gasteiger charge is -2.07. The molecule has 7 heteroatoms. The van der Waals surface area contributed by atoms with E-state index in [1.54, 1.807) is 6.07 Å². The molecule has 0 spiro atoms. The van der Waals surface area contributed by atoms with Gasteiger partial charge in [0.1, 0.15) is 5.69 Å². The monoisotopic (exact) mass is 338 g/mol. The number of aryl methyl sites for hydroxylation is 2. The Morgan fingerprint density at radius 3 is 2.71 bits per heavy atom. The number of ketones is 1. The van der Waals surface area contributed by atoms with Crippen LogP contribution in [0.5, 0.6) is 0 Å². The van der Waals surface area contributed by atoms with E-state index in [1.165, 1.54) is 18.3 Å². The maximum atomic E-state index is 13.0. The summed E-state index contributed by atoms with van der Waals surface area (Å²) in [5, 5.41) is 11.0. The summed E-state index contributed by atoms with van der Waals surface area (Å²) in [7, 11) is 0. The summed E-state index contributed by atoms with van der Waals surface area (Å²) in [4.78, 5) is 29.8. The lowest BCUT2D eigenvalue weighted by Crippen LogP contribution is -2.10. The van der Waals surface area contributed by atoms with Crippen LogP contribution in [0, 0.1) is 13.8 Å². The van der Waals surface area contributed by atoms with Gasteiger partial charge >= 0.3 is 0 Å². The summed E-state index contributed by atoms with van der Waals surface area (Å²) in [5.74, 6) is -0.338. The average Bonchev–Trinajstić information content (AvgIpc) is 3.15. The predicted octanol–water partition coefficient (Wildman–Crippen LogP) is 3.32. The summed E-state index contributed by atoms with van der Waals surface area (Å²) < 4.78 is 0. The molecule has 3 aromatic rings. The van der Waals surface area contributed by atoms with E-state index >= 15 is 0 Å². The SMILES string of the molecule is CC(=O)Nc1cccc2c1C(=O)c1c-2n[nH]c1-c1sc(C)nc1C. The molecule has 0 fully saturated rings. The van der Waals surface area contributed by atoms with Crippen molar-refractivity contribution in [2.45, 2.75) is 20.8 Å². The minimum absolute atomic E-state index is 0.126. The Labute approximate surface area is 141 Å². The number of amides is 1. The summed E-state index contributed by atoms with van der Waals surface area (Å²) in [6.45, 7) is 5.28. The van der Waals surface area contributed by atoms with E-state index in [1.807, 2.05) is 26.0 Å². The number of anilines is 1. The van der Waals surface area contributed by atoms with Gasteiger partial charge in [-0.2, -0.15) is 5.10 Å². The second-order valence-corrected chi connectivity index (χ2v) is 6.91. The molecule has 0 aliphatic heterocycles. The largest absolute Gasteiger partial charge is 0.326 e. The topological polar surface area (TPSA) is 87.7 Å². The number of nitrogens with one attached hydrogen (secondary N) is 2. The molecule has 2 heterocycles. The number of benzene rings is 1. The Morgan fingerprint density at radius 2 is 2.04 bits per heavy atom. The van der Waals surface area contributed by atoms with E-state index in [2.05, 4.69) is 20.5 Å². The molecule has 0 radical (unpaired) electrons. The lowest BCUT2D eigenvalue weighted by molar-refractivity contribution is -0.114. The van der Waals surface area contributed by atoms with Crippen molar-refractivity contribution >= 4 is 28.7 Å². The third-order valence-electron chi connectivity index (χ3n) is 3.98. The smallest absolute Gasteiger partial charge is 0.221 e. The van der Waals surface area contributed by atoms with Gasteiger partial charge in [0.15, 0.2) is 5.78 Å². The Kier molecular flexibility index (Phi) is 3.14. The van der Waals surface area contributed by atoms with Crippen LogP contribution in [0.2, 0.25) is 0 Å². The second-order valence-electron chi connectivity index (χ2n) is 5.71. The highest BCUT2D eigenvalue weighted by molar-refractivity contribution is 7.15. The highest BCUT2D eigenvalue weighted by atomic mass is 32.1. The van der Waals surface area contributed by atoms with Gasteiger partial charge in [0.2, 0.25) is 5.91 Å². The number of hydrogen-bond acceptors (Lipinski definition) is 5. The Balaban J connectivity index is 1.91. The van der Waals surface area contributed by atoms with Crippen molar-refractivity contribution in [3.8, 4) is 21.8 Å². The van der Waals surface area contributed by atoms with Crippen LogP contribution >= 0.6 is 11.3 Å². The fourth-order valence-electron chi connectivity index (χ4n) is 3.10. The fraction of sp³-hybridized carbons (Fsp3) is 0.176. The van der Waals surface area contributed by atoms with Gasteiger partial charge in [0.25, 0.3) is 0 Å². The van der Waals surface area contributed by atoms with Gasteiger partial charge in [-0.05, 0) is 19.9 Å². The van der Waals surface area contributed by atoms with E-state index in [-0.39, 0.29) is 11.7 Å². The predicted molar refractivity (Wildman–Crippen MR) is 92.3 cm³/mol. The first-order valence-electron chi connectivity index (χ1n) is 7.45. The molecule has 0 bridgehead atoms. The van der Waals surface area contributed by atoms with E-state index in [0.717, 1.165) is 21.1 Å². The summed E-state index contributed by atoms with van der Waals surface area (Å²) in [6.07, 6.45) is 0. The highest BCUT2D eigenvalue weighted by Crippen LogP contribution is 2.44. The molecule has 24 heavy (non-hydrogen) atoms. The Morgan fingerprint density at radius 1 is 1.25 bits per heavy atom. The average molecular weight is 338 g/mol. The van der Waals surface area contributed by atoms with E-state index in [4.69, 9.17) is 0 Å². The minimum atomic E-state index is -0.212. The molecular weight excluding hydrogens is 324 g/mol. The molecule has 0 saturated heterocycles. The van der Waals surface area contributed by atoms with Gasteiger partial charge in [0, 0.05) is 12.5 Å². The van der Waals surface area contributed by atoms with Crippen LogP contribution in [-0.2, 0) is 4.79 Å². The molecule has 6 nitrogen and oxygen atoms in total. The zero-order valence-electron chi connectivity index (χ0n) is 13.4. The van der Waals surface area contributed by atoms with Crippen LogP contribution in [-0.4, -0.2) is 26.9 Å². The number of H-pyrrole nitrogens is 1. The number of rotatable bonds is 2. The third-order valence-corrected chi connectivity index (χ3v) is 5.07. The normalized spacial score (nSPS) is 12.2. The Bertz CT molecular complexity index is 1020. The molecule has 2 N–H and O–H groups in total. The van der Waals surface area contributed by atoms with Gasteiger partial charge < -0.3 is 5.32 Å². The number of carbonyl (C=O) groups is 2. The molecule has 120 valence electrons. The van der Waals surface area contributed by atoms with E-state index in [9.17, 15) is 9.59 Å². The minimum Gasteiger partial charge on any atom is -0.326 e. The van der Waals surface area contributed by atoms with Crippen LogP contribution in [0.25, 0.3) is 21.8 Å². The van der Waals surface area contributed by atoms with Crippen LogP contribution in [0.4, 0.5) is 5.69 Å². The first-order chi connectivity index (χ1) is 11.5. The molecule has 1 amide bonds. The van der Waals surface area contributed by atoms with Crippen molar-refractivity contribution in [1.29, 1.82) is 0 Å². The van der Waals surface area contributed by atoms with Gasteiger partial charge in [-0.3, -0.25) is 14.7 Å². The number of thiazole rings is 1. The zero-order chi connectivity index (χ0) is 17.0. The van der Waals surface area contributed by atoms with Gasteiger partial charge in [0.05, 0.1) is 38.1 Å². The van der Waals surface area contributed by atoms with Crippen molar-refractivity contribution in [2.75, 3.05) is 5.32 Å². The number of nitrogens with zero attached hydrogens (tertiary/aromatic N) is 2. The maximum Gasteiger partial charge on any atom is 0.221 e. The molecule has 4 rings (SSSR count). The number of carbonyl (C=O) groups excluding carboxylic acids is 2. The van der Waals surface area contributed by atoms with Crippen molar-refractivity contribution in [1.82, 2.24) is 15.2 Å². The van der Waals surface area contributed by atoms with E-state index in [0.29, 0.717) is 28.2 Å². The van der Waals surface area contributed by atoms with Crippen molar-refractivity contribution < 1.29 is 9.59 Å². The molecule has 1 aliphatic rings. The molecule has 2 aromatic heterocycles. The summed E-state index contributed by atoms with van der Waals surface area (Å²) in [5.41, 5.74) is 4.50. The summed E-state index contributed by atoms with van der Waals surface area (Å²) >= 11 is 1.53. The number of aromatic nitrogens is 3. The molecule has 1 aliphatic carbocycles. The standard InChI is InChI=1S/C17H14N4O2S/c1-7-17(24-9(3)18-7)15-13-14(20-21-15)10-5-4-6-11(19-8(2)22)12(10)16(13)23/h4-6H,1-3H3,(H,19,22)(H,20,21). The molecule has 0 atom stereocenters. The number of fused-ring (bicyclic) bond motifs is 3. The van der Waals surface area contributed by atoms with Gasteiger partial charge in [-0.15, -0.1) is 11.3 Å². The maximum absolute atomic E-state index is 13.0. The first-order valence-corrected chi connectivity index (χ1v) is 8.27. The Hall–Kier alpha value is -2.80. The lowest BCUT2D eigenvalue weighted by atomic mass is 10.1. The van der Waals surface area contributed by atoms with Crippen LogP contribution in [0.1, 0.15) is 33.5 Å². The van der Waals surface area contributed by atoms with E-state index < -0.39 is 0 Å². The van der Waals surface area contributed by atoms with Crippen molar-refractivity contribution in [3.05, 3.63) is 40.0 Å². The first kappa shape index (κ1) is 14.8. The second kappa shape index (κ2) is 5.10.